The molecule has 3 rings (SSSR count). The summed E-state index contributed by atoms with van der Waals surface area (Å²) in [5.41, 5.74) is 1.16. The van der Waals surface area contributed by atoms with Crippen LogP contribution in [0.5, 0.6) is 0 Å². The van der Waals surface area contributed by atoms with Crippen LogP contribution in [0, 0.1) is 12.7 Å². The largest absolute Gasteiger partial charge is 0.390 e. The van der Waals surface area contributed by atoms with Gasteiger partial charge in [-0.25, -0.2) is 4.39 Å². The number of hydrogen-bond acceptors (Lipinski definition) is 3. The van der Waals surface area contributed by atoms with E-state index in [9.17, 15) is 14.3 Å². The second-order valence-corrected chi connectivity index (χ2v) is 6.05. The monoisotopic (exact) mass is 292 g/mol. The Morgan fingerprint density at radius 2 is 2.00 bits per heavy atom. The number of nitrogens with zero attached hydrogens (tertiary/aromatic N) is 2. The Morgan fingerprint density at radius 3 is 2.71 bits per heavy atom. The van der Waals surface area contributed by atoms with Crippen molar-refractivity contribution in [2.24, 2.45) is 0 Å². The van der Waals surface area contributed by atoms with E-state index in [2.05, 4.69) is 4.90 Å². The third-order valence-corrected chi connectivity index (χ3v) is 4.59. The summed E-state index contributed by atoms with van der Waals surface area (Å²) in [6.07, 6.45) is 1.79. The number of aliphatic hydroxyl groups is 1. The molecule has 5 heteroatoms. The van der Waals surface area contributed by atoms with Crippen LogP contribution in [0.1, 0.15) is 28.8 Å². The molecule has 21 heavy (non-hydrogen) atoms. The Hall–Kier alpha value is -1.46. The molecule has 4 nitrogen and oxygen atoms in total. The molecule has 0 saturated carbocycles. The molecule has 2 aliphatic rings. The van der Waals surface area contributed by atoms with Crippen molar-refractivity contribution in [2.75, 3.05) is 26.2 Å². The normalized spacial score (nSPS) is 26.5. The molecule has 0 unspecified atom stereocenters. The summed E-state index contributed by atoms with van der Waals surface area (Å²) in [5.74, 6) is -0.590. The minimum absolute atomic E-state index is 0.0188. The van der Waals surface area contributed by atoms with Gasteiger partial charge >= 0.3 is 0 Å². The van der Waals surface area contributed by atoms with Crippen LogP contribution in [0.2, 0.25) is 0 Å². The van der Waals surface area contributed by atoms with Gasteiger partial charge in [-0.05, 0) is 50.6 Å². The molecular weight excluding hydrogens is 271 g/mol. The maximum Gasteiger partial charge on any atom is 0.254 e. The minimum Gasteiger partial charge on any atom is -0.390 e. The van der Waals surface area contributed by atoms with E-state index in [-0.39, 0.29) is 11.9 Å². The van der Waals surface area contributed by atoms with Gasteiger partial charge in [0.2, 0.25) is 0 Å². The standard InChI is InChI=1S/C16H21FN2O2/c1-11-4-5-12(17)8-13(11)16(21)19-9-14(15(20)10-19)18-6-2-3-7-18/h4-5,8,14-15,20H,2-3,6-7,9-10H2,1H3/t14-,15-/m0/s1. The Balaban J connectivity index is 1.75. The van der Waals surface area contributed by atoms with E-state index in [1.807, 2.05) is 0 Å². The first-order valence-corrected chi connectivity index (χ1v) is 7.54. The first-order chi connectivity index (χ1) is 10.1. The lowest BCUT2D eigenvalue weighted by Gasteiger charge is -2.25. The molecule has 114 valence electrons. The third-order valence-electron chi connectivity index (χ3n) is 4.59. The summed E-state index contributed by atoms with van der Waals surface area (Å²) >= 11 is 0. The van der Waals surface area contributed by atoms with E-state index >= 15 is 0 Å². The zero-order valence-corrected chi connectivity index (χ0v) is 12.3. The molecule has 1 N–H and O–H groups in total. The van der Waals surface area contributed by atoms with E-state index in [1.165, 1.54) is 12.1 Å². The number of likely N-dealkylation sites (tertiary alicyclic amines) is 2. The Labute approximate surface area is 124 Å². The Morgan fingerprint density at radius 1 is 1.29 bits per heavy atom. The van der Waals surface area contributed by atoms with Crippen LogP contribution in [-0.2, 0) is 0 Å². The van der Waals surface area contributed by atoms with Gasteiger partial charge < -0.3 is 10.0 Å². The second-order valence-electron chi connectivity index (χ2n) is 6.05. The SMILES string of the molecule is Cc1ccc(F)cc1C(=O)N1C[C@H](O)[C@@H](N2CCCC2)C1. The van der Waals surface area contributed by atoms with Crippen LogP contribution in [0.25, 0.3) is 0 Å². The predicted octanol–water partition coefficient (Wildman–Crippen LogP) is 1.42. The van der Waals surface area contributed by atoms with E-state index in [1.54, 1.807) is 17.9 Å². The molecule has 1 aromatic carbocycles. The lowest BCUT2D eigenvalue weighted by Crippen LogP contribution is -2.41. The molecule has 0 aromatic heterocycles. The van der Waals surface area contributed by atoms with Gasteiger partial charge in [0.1, 0.15) is 5.82 Å². The van der Waals surface area contributed by atoms with Crippen LogP contribution in [0.15, 0.2) is 18.2 Å². The van der Waals surface area contributed by atoms with Gasteiger partial charge in [0, 0.05) is 18.7 Å². The molecule has 1 aromatic rings. The van der Waals surface area contributed by atoms with Crippen molar-refractivity contribution in [3.05, 3.63) is 35.1 Å². The Bertz CT molecular complexity index is 543. The zero-order chi connectivity index (χ0) is 15.0. The van der Waals surface area contributed by atoms with Crippen LogP contribution in [-0.4, -0.2) is 59.1 Å². The number of hydrogen-bond donors (Lipinski definition) is 1. The smallest absolute Gasteiger partial charge is 0.254 e. The first kappa shape index (κ1) is 14.5. The predicted molar refractivity (Wildman–Crippen MR) is 77.6 cm³/mol. The van der Waals surface area contributed by atoms with Crippen molar-refractivity contribution >= 4 is 5.91 Å². The molecule has 0 radical (unpaired) electrons. The average Bonchev–Trinajstić information content (AvgIpc) is 3.09. The molecule has 2 heterocycles. The maximum absolute atomic E-state index is 13.4. The van der Waals surface area contributed by atoms with Gasteiger partial charge in [-0.2, -0.15) is 0 Å². The van der Waals surface area contributed by atoms with Crippen molar-refractivity contribution in [3.63, 3.8) is 0 Å². The number of carbonyl (C=O) groups excluding carboxylic acids is 1. The van der Waals surface area contributed by atoms with Gasteiger partial charge in [0.25, 0.3) is 5.91 Å². The van der Waals surface area contributed by atoms with Crippen LogP contribution in [0.4, 0.5) is 4.39 Å². The van der Waals surface area contributed by atoms with Crippen molar-refractivity contribution in [1.29, 1.82) is 0 Å². The fourth-order valence-electron chi connectivity index (χ4n) is 3.36. The topological polar surface area (TPSA) is 43.8 Å². The molecule has 0 spiro atoms. The van der Waals surface area contributed by atoms with Gasteiger partial charge in [0.15, 0.2) is 0 Å². The number of rotatable bonds is 2. The zero-order valence-electron chi connectivity index (χ0n) is 12.3. The van der Waals surface area contributed by atoms with E-state index in [0.29, 0.717) is 18.7 Å². The maximum atomic E-state index is 13.4. The molecule has 2 atom stereocenters. The third kappa shape index (κ3) is 2.80. The highest BCUT2D eigenvalue weighted by Gasteiger charge is 2.38. The van der Waals surface area contributed by atoms with Gasteiger partial charge in [-0.3, -0.25) is 9.69 Å². The number of β-amino-alcohol motifs (C(OH)–C–C–N with tert-alkyl or cyclic N) is 1. The number of benzene rings is 1. The minimum atomic E-state index is -0.513. The van der Waals surface area contributed by atoms with Crippen molar-refractivity contribution in [2.45, 2.75) is 31.9 Å². The van der Waals surface area contributed by atoms with Gasteiger partial charge in [-0.1, -0.05) is 6.07 Å². The molecule has 2 aliphatic heterocycles. The van der Waals surface area contributed by atoms with Crippen molar-refractivity contribution in [3.8, 4) is 0 Å². The fourth-order valence-corrected chi connectivity index (χ4v) is 3.36. The lowest BCUT2D eigenvalue weighted by molar-refractivity contribution is 0.0762. The number of amides is 1. The number of aliphatic hydroxyl groups excluding tert-OH is 1. The van der Waals surface area contributed by atoms with Gasteiger partial charge in [0.05, 0.1) is 12.1 Å². The molecule has 0 bridgehead atoms. The highest BCUT2D eigenvalue weighted by Crippen LogP contribution is 2.23. The van der Waals surface area contributed by atoms with Gasteiger partial charge in [-0.15, -0.1) is 0 Å². The van der Waals surface area contributed by atoms with Crippen LogP contribution >= 0.6 is 0 Å². The average molecular weight is 292 g/mol. The summed E-state index contributed by atoms with van der Waals surface area (Å²) in [7, 11) is 0. The van der Waals surface area contributed by atoms with Crippen LogP contribution in [0.3, 0.4) is 0 Å². The first-order valence-electron chi connectivity index (χ1n) is 7.54. The summed E-state index contributed by atoms with van der Waals surface area (Å²) < 4.78 is 13.4. The molecule has 2 fully saturated rings. The molecule has 0 aliphatic carbocycles. The fraction of sp³-hybridized carbons (Fsp3) is 0.562. The highest BCUT2D eigenvalue weighted by molar-refractivity contribution is 5.95. The molecular formula is C16H21FN2O2. The van der Waals surface area contributed by atoms with E-state index < -0.39 is 11.9 Å². The van der Waals surface area contributed by atoms with E-state index in [4.69, 9.17) is 0 Å². The number of halogens is 1. The second kappa shape index (κ2) is 5.73. The molecule has 2 saturated heterocycles. The quantitative estimate of drug-likeness (QED) is 0.896. The van der Waals surface area contributed by atoms with Crippen molar-refractivity contribution in [1.82, 2.24) is 9.80 Å². The summed E-state index contributed by atoms with van der Waals surface area (Å²) in [5, 5.41) is 10.2. The van der Waals surface area contributed by atoms with Crippen molar-refractivity contribution < 1.29 is 14.3 Å². The Kier molecular flexibility index (Phi) is 3.95. The highest BCUT2D eigenvalue weighted by atomic mass is 19.1. The summed E-state index contributed by atoms with van der Waals surface area (Å²) in [4.78, 5) is 16.5. The van der Waals surface area contributed by atoms with Crippen LogP contribution < -0.4 is 0 Å². The van der Waals surface area contributed by atoms with E-state index in [0.717, 1.165) is 31.5 Å². The molecule has 1 amide bonds. The number of carbonyl (C=O) groups is 1. The lowest BCUT2D eigenvalue weighted by atomic mass is 10.1. The number of aryl methyl sites for hydroxylation is 1. The summed E-state index contributed by atoms with van der Waals surface area (Å²) in [6.45, 7) is 4.63. The summed E-state index contributed by atoms with van der Waals surface area (Å²) in [6, 6.07) is 4.28.